The van der Waals surface area contributed by atoms with E-state index in [0.29, 0.717) is 6.61 Å². The molecule has 6 unspecified atom stereocenters. The third kappa shape index (κ3) is 33.0. The lowest BCUT2D eigenvalue weighted by Crippen LogP contribution is -2.59. The van der Waals surface area contributed by atoms with Crippen LogP contribution in [0.4, 0.5) is 0 Å². The molecular formula is C51H94O9. The first kappa shape index (κ1) is 56.4. The van der Waals surface area contributed by atoms with Crippen molar-refractivity contribution in [3.63, 3.8) is 0 Å². The zero-order valence-corrected chi connectivity index (χ0v) is 38.7. The smallest absolute Gasteiger partial charge is 0.306 e. The first-order valence-corrected chi connectivity index (χ1v) is 25.1. The lowest BCUT2D eigenvalue weighted by Gasteiger charge is -2.39. The van der Waals surface area contributed by atoms with Crippen LogP contribution >= 0.6 is 0 Å². The van der Waals surface area contributed by atoms with E-state index in [0.717, 1.165) is 57.8 Å². The molecule has 1 rings (SSSR count). The van der Waals surface area contributed by atoms with Gasteiger partial charge in [-0.1, -0.05) is 204 Å². The molecule has 0 bridgehead atoms. The molecule has 1 aliphatic rings. The molecule has 4 N–H and O–H groups in total. The third-order valence-corrected chi connectivity index (χ3v) is 11.6. The largest absolute Gasteiger partial charge is 0.457 e. The molecular weight excluding hydrogens is 757 g/mol. The summed E-state index contributed by atoms with van der Waals surface area (Å²) < 4.78 is 22.8. The standard InChI is InChI=1S/C51H94O9/c1-3-5-7-9-11-13-15-17-18-19-20-21-22-23-24-25-26-27-29-31-33-35-37-39-41-57-43-45(44-58-51-50(56)49(55)48(54)46(42-52)60-51)59-47(53)40-38-36-34-32-30-28-16-14-12-10-8-6-4-2/h6,8,12,14,28,30,45-46,48-52,54-56H,3-5,7,9-11,13,15-27,29,31-44H2,1-2H3/b8-6-,14-12-,30-28-. The van der Waals surface area contributed by atoms with Crippen molar-refractivity contribution in [3.05, 3.63) is 36.5 Å². The van der Waals surface area contributed by atoms with Crippen LogP contribution in [0.5, 0.6) is 0 Å². The zero-order valence-electron chi connectivity index (χ0n) is 38.7. The average Bonchev–Trinajstić information content (AvgIpc) is 3.25. The highest BCUT2D eigenvalue weighted by atomic mass is 16.7. The van der Waals surface area contributed by atoms with Crippen molar-refractivity contribution in [1.82, 2.24) is 0 Å². The minimum Gasteiger partial charge on any atom is -0.457 e. The van der Waals surface area contributed by atoms with Gasteiger partial charge in [-0.15, -0.1) is 0 Å². The Morgan fingerprint density at radius 1 is 0.550 bits per heavy atom. The van der Waals surface area contributed by atoms with E-state index in [1.807, 2.05) is 0 Å². The maximum Gasteiger partial charge on any atom is 0.306 e. The van der Waals surface area contributed by atoms with Gasteiger partial charge in [-0.3, -0.25) is 4.79 Å². The fraction of sp³-hybridized carbons (Fsp3) is 0.863. The number of allylic oxidation sites excluding steroid dienone is 6. The second-order valence-electron chi connectivity index (χ2n) is 17.2. The van der Waals surface area contributed by atoms with Crippen LogP contribution in [-0.4, -0.2) is 89.6 Å². The molecule has 0 amide bonds. The summed E-state index contributed by atoms with van der Waals surface area (Å²) >= 11 is 0. The van der Waals surface area contributed by atoms with Gasteiger partial charge in [0.25, 0.3) is 0 Å². The molecule has 9 nitrogen and oxygen atoms in total. The van der Waals surface area contributed by atoms with E-state index < -0.39 is 43.4 Å². The topological polar surface area (TPSA) is 135 Å². The summed E-state index contributed by atoms with van der Waals surface area (Å²) in [6.45, 7) is 4.44. The molecule has 0 radical (unpaired) electrons. The number of esters is 1. The molecule has 1 fully saturated rings. The molecule has 0 aromatic heterocycles. The van der Waals surface area contributed by atoms with E-state index in [1.165, 1.54) is 141 Å². The summed E-state index contributed by atoms with van der Waals surface area (Å²) in [5, 5.41) is 40.2. The maximum atomic E-state index is 12.8. The second kappa shape index (κ2) is 42.7. The summed E-state index contributed by atoms with van der Waals surface area (Å²) in [7, 11) is 0. The van der Waals surface area contributed by atoms with E-state index in [4.69, 9.17) is 18.9 Å². The van der Waals surface area contributed by atoms with Gasteiger partial charge in [0.15, 0.2) is 6.29 Å². The second-order valence-corrected chi connectivity index (χ2v) is 17.2. The van der Waals surface area contributed by atoms with Crippen molar-refractivity contribution >= 4 is 5.97 Å². The zero-order chi connectivity index (χ0) is 43.6. The Hall–Kier alpha value is -1.59. The van der Waals surface area contributed by atoms with Crippen LogP contribution in [-0.2, 0) is 23.7 Å². The Kier molecular flexibility index (Phi) is 40.2. The monoisotopic (exact) mass is 851 g/mol. The van der Waals surface area contributed by atoms with Gasteiger partial charge in [-0.25, -0.2) is 0 Å². The van der Waals surface area contributed by atoms with E-state index in [2.05, 4.69) is 50.3 Å². The van der Waals surface area contributed by atoms with Crippen LogP contribution in [0.15, 0.2) is 36.5 Å². The first-order valence-electron chi connectivity index (χ1n) is 25.1. The molecule has 352 valence electrons. The number of aliphatic hydroxyl groups is 4. The Bertz CT molecular complexity index is 1010. The number of ether oxygens (including phenoxy) is 4. The molecule has 6 atom stereocenters. The summed E-state index contributed by atoms with van der Waals surface area (Å²) in [4.78, 5) is 12.8. The minimum atomic E-state index is -1.54. The molecule has 60 heavy (non-hydrogen) atoms. The predicted molar refractivity (Wildman–Crippen MR) is 247 cm³/mol. The van der Waals surface area contributed by atoms with Crippen molar-refractivity contribution in [1.29, 1.82) is 0 Å². The average molecular weight is 851 g/mol. The molecule has 1 saturated heterocycles. The fourth-order valence-corrected chi connectivity index (χ4v) is 7.68. The number of unbranched alkanes of at least 4 members (excludes halogenated alkanes) is 26. The van der Waals surface area contributed by atoms with Gasteiger partial charge >= 0.3 is 5.97 Å². The lowest BCUT2D eigenvalue weighted by atomic mass is 9.99. The van der Waals surface area contributed by atoms with Crippen molar-refractivity contribution < 1.29 is 44.2 Å². The van der Waals surface area contributed by atoms with E-state index in [-0.39, 0.29) is 25.6 Å². The molecule has 1 aliphatic heterocycles. The Balaban J connectivity index is 2.16. The molecule has 9 heteroatoms. The van der Waals surface area contributed by atoms with Crippen LogP contribution in [0, 0.1) is 0 Å². The van der Waals surface area contributed by atoms with Gasteiger partial charge in [0.1, 0.15) is 30.5 Å². The third-order valence-electron chi connectivity index (χ3n) is 11.6. The van der Waals surface area contributed by atoms with Crippen LogP contribution in [0.2, 0.25) is 0 Å². The lowest BCUT2D eigenvalue weighted by molar-refractivity contribution is -0.305. The molecule has 0 aromatic carbocycles. The quantitative estimate of drug-likeness (QED) is 0.0269. The highest BCUT2D eigenvalue weighted by Gasteiger charge is 2.44. The fourth-order valence-electron chi connectivity index (χ4n) is 7.68. The van der Waals surface area contributed by atoms with Crippen molar-refractivity contribution in [2.75, 3.05) is 26.4 Å². The summed E-state index contributed by atoms with van der Waals surface area (Å²) in [5.41, 5.74) is 0. The highest BCUT2D eigenvalue weighted by Crippen LogP contribution is 2.23. The number of hydrogen-bond donors (Lipinski definition) is 4. The Morgan fingerprint density at radius 2 is 1.02 bits per heavy atom. The number of rotatable bonds is 43. The normalized spacial score (nSPS) is 20.3. The summed E-state index contributed by atoms with van der Waals surface area (Å²) in [6, 6.07) is 0. The molecule has 0 aliphatic carbocycles. The van der Waals surface area contributed by atoms with Crippen molar-refractivity contribution in [2.24, 2.45) is 0 Å². The number of hydrogen-bond acceptors (Lipinski definition) is 9. The Labute approximate surface area is 368 Å². The molecule has 0 saturated carbocycles. The summed E-state index contributed by atoms with van der Waals surface area (Å²) in [6.07, 6.45) is 44.8. The first-order chi connectivity index (χ1) is 29.4. The molecule has 0 spiro atoms. The van der Waals surface area contributed by atoms with Crippen molar-refractivity contribution in [2.45, 2.75) is 256 Å². The highest BCUT2D eigenvalue weighted by molar-refractivity contribution is 5.69. The van der Waals surface area contributed by atoms with Gasteiger partial charge in [0, 0.05) is 13.0 Å². The van der Waals surface area contributed by atoms with Gasteiger partial charge < -0.3 is 39.4 Å². The van der Waals surface area contributed by atoms with Crippen LogP contribution in [0.3, 0.4) is 0 Å². The Morgan fingerprint density at radius 3 is 1.52 bits per heavy atom. The van der Waals surface area contributed by atoms with Gasteiger partial charge in [0.05, 0.1) is 19.8 Å². The van der Waals surface area contributed by atoms with E-state index in [1.54, 1.807) is 0 Å². The maximum absolute atomic E-state index is 12.8. The van der Waals surface area contributed by atoms with E-state index >= 15 is 0 Å². The molecule has 0 aromatic rings. The summed E-state index contributed by atoms with van der Waals surface area (Å²) in [5.74, 6) is -0.339. The van der Waals surface area contributed by atoms with Gasteiger partial charge in [0.2, 0.25) is 0 Å². The number of carbonyl (C=O) groups excluding carboxylic acids is 1. The molecule has 1 heterocycles. The van der Waals surface area contributed by atoms with Crippen LogP contribution in [0.1, 0.15) is 219 Å². The number of aliphatic hydroxyl groups excluding tert-OH is 4. The minimum absolute atomic E-state index is 0.123. The van der Waals surface area contributed by atoms with Gasteiger partial charge in [-0.2, -0.15) is 0 Å². The van der Waals surface area contributed by atoms with Gasteiger partial charge in [-0.05, 0) is 44.9 Å². The number of carbonyl (C=O) groups is 1. The SMILES string of the molecule is CC/C=C\C/C=C\C/C=C\CCCCCC(=O)OC(COCCCCCCCCCCCCCCCCCCCCCCCCCC)COC1OC(CO)C(O)C(O)C1O. The van der Waals surface area contributed by atoms with Crippen molar-refractivity contribution in [3.8, 4) is 0 Å². The van der Waals surface area contributed by atoms with Crippen LogP contribution in [0.25, 0.3) is 0 Å². The predicted octanol–water partition coefficient (Wildman–Crippen LogP) is 11.9. The van der Waals surface area contributed by atoms with Crippen LogP contribution < -0.4 is 0 Å². The van der Waals surface area contributed by atoms with E-state index in [9.17, 15) is 25.2 Å².